The predicted octanol–water partition coefficient (Wildman–Crippen LogP) is 2.38. The Morgan fingerprint density at radius 2 is 2.33 bits per heavy atom. The van der Waals surface area contributed by atoms with Gasteiger partial charge in [-0.25, -0.2) is 0 Å². The van der Waals surface area contributed by atoms with E-state index in [1.807, 2.05) is 0 Å². The number of piperidine rings is 1. The van der Waals surface area contributed by atoms with Gasteiger partial charge in [-0.15, -0.1) is 0 Å². The molecular weight excluding hydrogens is 226 g/mol. The van der Waals surface area contributed by atoms with E-state index in [9.17, 15) is 4.79 Å². The van der Waals surface area contributed by atoms with Crippen LogP contribution >= 0.6 is 0 Å². The Hall–Kier alpha value is -1.35. The highest BCUT2D eigenvalue weighted by molar-refractivity contribution is 5.72. The number of likely N-dealkylation sites (tertiary alicyclic amines) is 1. The van der Waals surface area contributed by atoms with E-state index in [0.29, 0.717) is 0 Å². The molecule has 0 aromatic heterocycles. The molecule has 0 spiro atoms. The molecule has 1 aromatic rings. The third-order valence-electron chi connectivity index (χ3n) is 3.53. The standard InChI is InChI=1S/C15H21NO2/c1-12-5-3-6-13(9-12)10-16-8-4-7-14(11-16)15(17)18-2/h3,5-6,9,14H,4,7-8,10-11H2,1-2H3/t14-/m0/s1. The lowest BCUT2D eigenvalue weighted by molar-refractivity contribution is -0.147. The summed E-state index contributed by atoms with van der Waals surface area (Å²) in [6.07, 6.45) is 2.03. The summed E-state index contributed by atoms with van der Waals surface area (Å²) in [6, 6.07) is 8.56. The van der Waals surface area contributed by atoms with E-state index in [4.69, 9.17) is 4.74 Å². The first-order valence-corrected chi connectivity index (χ1v) is 6.55. The Bertz CT molecular complexity index is 417. The van der Waals surface area contributed by atoms with Crippen LogP contribution in [0.1, 0.15) is 24.0 Å². The summed E-state index contributed by atoms with van der Waals surface area (Å²) in [6.45, 7) is 4.92. The number of esters is 1. The average Bonchev–Trinajstić information content (AvgIpc) is 2.38. The minimum absolute atomic E-state index is 0.0496. The zero-order chi connectivity index (χ0) is 13.0. The normalized spacial score (nSPS) is 20.7. The third kappa shape index (κ3) is 3.33. The Morgan fingerprint density at radius 1 is 1.50 bits per heavy atom. The van der Waals surface area contributed by atoms with Crippen LogP contribution in [0.5, 0.6) is 0 Å². The van der Waals surface area contributed by atoms with Crippen LogP contribution in [0.15, 0.2) is 24.3 Å². The number of ether oxygens (including phenoxy) is 1. The Labute approximate surface area is 109 Å². The fraction of sp³-hybridized carbons (Fsp3) is 0.533. The summed E-state index contributed by atoms with van der Waals surface area (Å²) in [5.41, 5.74) is 2.61. The number of methoxy groups -OCH3 is 1. The first-order valence-electron chi connectivity index (χ1n) is 6.55. The molecule has 2 rings (SSSR count). The second-order valence-corrected chi connectivity index (χ2v) is 5.09. The van der Waals surface area contributed by atoms with Gasteiger partial charge in [0.25, 0.3) is 0 Å². The van der Waals surface area contributed by atoms with Crippen LogP contribution in [0, 0.1) is 12.8 Å². The van der Waals surface area contributed by atoms with Crippen molar-refractivity contribution in [1.29, 1.82) is 0 Å². The molecule has 98 valence electrons. The maximum Gasteiger partial charge on any atom is 0.309 e. The molecule has 0 bridgehead atoms. The van der Waals surface area contributed by atoms with Gasteiger partial charge in [-0.3, -0.25) is 9.69 Å². The zero-order valence-corrected chi connectivity index (χ0v) is 11.2. The molecule has 3 nitrogen and oxygen atoms in total. The Kier molecular flexibility index (Phi) is 4.37. The van der Waals surface area contributed by atoms with Crippen molar-refractivity contribution in [3.63, 3.8) is 0 Å². The molecule has 1 atom stereocenters. The number of nitrogens with zero attached hydrogens (tertiary/aromatic N) is 1. The summed E-state index contributed by atoms with van der Waals surface area (Å²) >= 11 is 0. The monoisotopic (exact) mass is 247 g/mol. The highest BCUT2D eigenvalue weighted by Gasteiger charge is 2.26. The lowest BCUT2D eigenvalue weighted by atomic mass is 9.97. The largest absolute Gasteiger partial charge is 0.469 e. The van der Waals surface area contributed by atoms with Crippen molar-refractivity contribution in [2.45, 2.75) is 26.3 Å². The van der Waals surface area contributed by atoms with Crippen molar-refractivity contribution in [1.82, 2.24) is 4.90 Å². The molecule has 0 N–H and O–H groups in total. The molecule has 1 aromatic carbocycles. The van der Waals surface area contributed by atoms with Gasteiger partial charge in [0.15, 0.2) is 0 Å². The number of carbonyl (C=O) groups is 1. The van der Waals surface area contributed by atoms with Crippen LogP contribution in [-0.4, -0.2) is 31.1 Å². The van der Waals surface area contributed by atoms with E-state index in [1.54, 1.807) is 0 Å². The lowest BCUT2D eigenvalue weighted by Gasteiger charge is -2.31. The molecule has 3 heteroatoms. The highest BCUT2D eigenvalue weighted by atomic mass is 16.5. The summed E-state index contributed by atoms with van der Waals surface area (Å²) in [4.78, 5) is 13.9. The minimum atomic E-state index is -0.0658. The van der Waals surface area contributed by atoms with Gasteiger partial charge >= 0.3 is 5.97 Å². The number of rotatable bonds is 3. The summed E-state index contributed by atoms with van der Waals surface area (Å²) in [7, 11) is 1.47. The van der Waals surface area contributed by atoms with E-state index in [-0.39, 0.29) is 11.9 Å². The van der Waals surface area contributed by atoms with Gasteiger partial charge in [0, 0.05) is 13.1 Å². The van der Waals surface area contributed by atoms with Crippen LogP contribution in [-0.2, 0) is 16.1 Å². The van der Waals surface area contributed by atoms with Crippen LogP contribution in [0.4, 0.5) is 0 Å². The highest BCUT2D eigenvalue weighted by Crippen LogP contribution is 2.19. The molecule has 1 saturated heterocycles. The fourth-order valence-electron chi connectivity index (χ4n) is 2.63. The number of benzene rings is 1. The topological polar surface area (TPSA) is 29.5 Å². The zero-order valence-electron chi connectivity index (χ0n) is 11.2. The van der Waals surface area contributed by atoms with Gasteiger partial charge in [-0.2, -0.15) is 0 Å². The van der Waals surface area contributed by atoms with Crippen molar-refractivity contribution in [2.75, 3.05) is 20.2 Å². The molecule has 1 aliphatic rings. The second kappa shape index (κ2) is 6.01. The van der Waals surface area contributed by atoms with Crippen LogP contribution in [0.3, 0.4) is 0 Å². The molecule has 0 amide bonds. The van der Waals surface area contributed by atoms with Gasteiger partial charge in [0.1, 0.15) is 0 Å². The average molecular weight is 247 g/mol. The van der Waals surface area contributed by atoms with Crippen molar-refractivity contribution >= 4 is 5.97 Å². The minimum Gasteiger partial charge on any atom is -0.469 e. The van der Waals surface area contributed by atoms with Crippen molar-refractivity contribution in [3.05, 3.63) is 35.4 Å². The summed E-state index contributed by atoms with van der Waals surface area (Å²) in [5, 5.41) is 0. The van der Waals surface area contributed by atoms with Gasteiger partial charge in [-0.05, 0) is 31.9 Å². The maximum absolute atomic E-state index is 11.6. The van der Waals surface area contributed by atoms with Gasteiger partial charge < -0.3 is 4.74 Å². The SMILES string of the molecule is COC(=O)[C@H]1CCCN(Cc2cccc(C)c2)C1. The predicted molar refractivity (Wildman–Crippen MR) is 71.2 cm³/mol. The first kappa shape index (κ1) is 13.1. The molecule has 1 aliphatic heterocycles. The number of hydrogen-bond acceptors (Lipinski definition) is 3. The molecule has 0 radical (unpaired) electrons. The van der Waals surface area contributed by atoms with Crippen LogP contribution in [0.2, 0.25) is 0 Å². The van der Waals surface area contributed by atoms with Crippen LogP contribution in [0.25, 0.3) is 0 Å². The van der Waals surface area contributed by atoms with E-state index in [1.165, 1.54) is 18.2 Å². The van der Waals surface area contributed by atoms with Crippen molar-refractivity contribution in [3.8, 4) is 0 Å². The van der Waals surface area contributed by atoms with E-state index >= 15 is 0 Å². The quantitative estimate of drug-likeness (QED) is 0.768. The second-order valence-electron chi connectivity index (χ2n) is 5.09. The Balaban J connectivity index is 1.95. The smallest absolute Gasteiger partial charge is 0.309 e. The molecule has 1 fully saturated rings. The summed E-state index contributed by atoms with van der Waals surface area (Å²) in [5.74, 6) is -0.0162. The van der Waals surface area contributed by atoms with E-state index < -0.39 is 0 Å². The molecular formula is C15H21NO2. The molecule has 0 unspecified atom stereocenters. The molecule has 1 heterocycles. The van der Waals surface area contributed by atoms with Gasteiger partial charge in [0.2, 0.25) is 0 Å². The van der Waals surface area contributed by atoms with E-state index in [0.717, 1.165) is 32.5 Å². The van der Waals surface area contributed by atoms with Gasteiger partial charge in [0.05, 0.1) is 13.0 Å². The maximum atomic E-state index is 11.6. The molecule has 0 aliphatic carbocycles. The summed E-state index contributed by atoms with van der Waals surface area (Å²) < 4.78 is 4.84. The third-order valence-corrected chi connectivity index (χ3v) is 3.53. The van der Waals surface area contributed by atoms with Crippen molar-refractivity contribution in [2.24, 2.45) is 5.92 Å². The fourth-order valence-corrected chi connectivity index (χ4v) is 2.63. The number of hydrogen-bond donors (Lipinski definition) is 0. The molecule has 0 saturated carbocycles. The van der Waals surface area contributed by atoms with E-state index in [2.05, 4.69) is 36.1 Å². The van der Waals surface area contributed by atoms with Crippen LogP contribution < -0.4 is 0 Å². The lowest BCUT2D eigenvalue weighted by Crippen LogP contribution is -2.38. The van der Waals surface area contributed by atoms with Gasteiger partial charge in [-0.1, -0.05) is 29.8 Å². The Morgan fingerprint density at radius 3 is 3.06 bits per heavy atom. The first-order chi connectivity index (χ1) is 8.69. The number of aryl methyl sites for hydroxylation is 1. The molecule has 18 heavy (non-hydrogen) atoms. The van der Waals surface area contributed by atoms with Crippen molar-refractivity contribution < 1.29 is 9.53 Å². The number of carbonyl (C=O) groups excluding carboxylic acids is 1.